The predicted octanol–water partition coefficient (Wildman–Crippen LogP) is 3.88. The lowest BCUT2D eigenvalue weighted by atomic mass is 10.2. The third-order valence-electron chi connectivity index (χ3n) is 2.70. The molecule has 5 nitrogen and oxygen atoms in total. The molecule has 0 aliphatic heterocycles. The number of nitrogens with zero attached hydrogens (tertiary/aromatic N) is 2. The molecule has 0 N–H and O–H groups in total. The van der Waals surface area contributed by atoms with Crippen LogP contribution in [0.4, 0.5) is 15.8 Å². The van der Waals surface area contributed by atoms with Gasteiger partial charge in [-0.3, -0.25) is 15.1 Å². The maximum absolute atomic E-state index is 13.6. The number of hydrogen-bond donors (Lipinski definition) is 0. The minimum atomic E-state index is -0.620. The van der Waals surface area contributed by atoms with E-state index in [-0.39, 0.29) is 11.4 Å². The molecule has 0 aromatic heterocycles. The normalized spacial score (nSPS) is 10.8. The molecule has 0 heterocycles. The van der Waals surface area contributed by atoms with Gasteiger partial charge in [-0.1, -0.05) is 12.1 Å². The molecule has 0 radical (unpaired) electrons. The number of nitro groups is 1. The molecule has 2 aromatic rings. The van der Waals surface area contributed by atoms with Crippen LogP contribution in [0.3, 0.4) is 0 Å². The van der Waals surface area contributed by atoms with Crippen molar-refractivity contribution < 1.29 is 14.1 Å². The van der Waals surface area contributed by atoms with Crippen LogP contribution in [0.15, 0.2) is 47.5 Å². The van der Waals surface area contributed by atoms with Crippen LogP contribution in [0, 0.1) is 15.9 Å². The van der Waals surface area contributed by atoms with Gasteiger partial charge >= 0.3 is 0 Å². The second kappa shape index (κ2) is 6.60. The maximum Gasteiger partial charge on any atom is 0.271 e. The monoisotopic (exact) mass is 288 g/mol. The third kappa shape index (κ3) is 3.62. The maximum atomic E-state index is 13.6. The van der Waals surface area contributed by atoms with Crippen LogP contribution in [-0.2, 0) is 0 Å². The van der Waals surface area contributed by atoms with E-state index in [1.807, 2.05) is 13.0 Å². The van der Waals surface area contributed by atoms with Crippen LogP contribution in [0.5, 0.6) is 5.75 Å². The van der Waals surface area contributed by atoms with Crippen LogP contribution < -0.4 is 4.74 Å². The third-order valence-corrected chi connectivity index (χ3v) is 2.70. The van der Waals surface area contributed by atoms with Gasteiger partial charge in [0.15, 0.2) is 0 Å². The van der Waals surface area contributed by atoms with E-state index in [4.69, 9.17) is 4.74 Å². The first-order valence-corrected chi connectivity index (χ1v) is 6.31. The number of non-ortho nitro benzene ring substituents is 1. The molecular formula is C15H13FN2O3. The topological polar surface area (TPSA) is 64.7 Å². The van der Waals surface area contributed by atoms with Crippen molar-refractivity contribution in [2.24, 2.45) is 4.99 Å². The van der Waals surface area contributed by atoms with Gasteiger partial charge < -0.3 is 4.74 Å². The van der Waals surface area contributed by atoms with E-state index in [0.29, 0.717) is 17.9 Å². The molecule has 108 valence electrons. The predicted molar refractivity (Wildman–Crippen MR) is 77.9 cm³/mol. The molecule has 0 aliphatic carbocycles. The number of benzene rings is 2. The second-order valence-corrected chi connectivity index (χ2v) is 4.12. The molecule has 0 unspecified atom stereocenters. The highest BCUT2D eigenvalue weighted by atomic mass is 19.1. The minimum absolute atomic E-state index is 0.0875. The van der Waals surface area contributed by atoms with E-state index in [1.165, 1.54) is 6.21 Å². The van der Waals surface area contributed by atoms with Crippen molar-refractivity contribution in [2.75, 3.05) is 6.61 Å². The van der Waals surface area contributed by atoms with E-state index in [0.717, 1.165) is 18.2 Å². The zero-order chi connectivity index (χ0) is 15.2. The Kier molecular flexibility index (Phi) is 4.61. The van der Waals surface area contributed by atoms with Crippen LogP contribution >= 0.6 is 0 Å². The highest BCUT2D eigenvalue weighted by Crippen LogP contribution is 2.24. The molecule has 0 spiro atoms. The van der Waals surface area contributed by atoms with Crippen molar-refractivity contribution in [3.63, 3.8) is 0 Å². The lowest BCUT2D eigenvalue weighted by Crippen LogP contribution is -1.95. The van der Waals surface area contributed by atoms with Gasteiger partial charge in [-0.05, 0) is 25.1 Å². The molecule has 0 aliphatic rings. The van der Waals surface area contributed by atoms with Gasteiger partial charge in [-0.15, -0.1) is 0 Å². The standard InChI is InChI=1S/C15H13FN2O3/c1-2-21-15-6-4-3-5-11(15)10-17-14-9-12(18(19)20)7-8-13(14)16/h3-10H,2H2,1H3. The van der Waals surface area contributed by atoms with Crippen molar-refractivity contribution in [1.29, 1.82) is 0 Å². The van der Waals surface area contributed by atoms with Gasteiger partial charge in [0.1, 0.15) is 17.3 Å². The summed E-state index contributed by atoms with van der Waals surface area (Å²) in [5.41, 5.74) is 0.377. The van der Waals surface area contributed by atoms with Crippen LogP contribution in [-0.4, -0.2) is 17.7 Å². The van der Waals surface area contributed by atoms with Gasteiger partial charge in [0.25, 0.3) is 5.69 Å². The molecule has 0 bridgehead atoms. The molecule has 21 heavy (non-hydrogen) atoms. The number of aliphatic imine (C=N–C) groups is 1. The number of para-hydroxylation sites is 1. The fraction of sp³-hybridized carbons (Fsp3) is 0.133. The zero-order valence-electron chi connectivity index (χ0n) is 11.3. The first kappa shape index (κ1) is 14.6. The van der Waals surface area contributed by atoms with Crippen LogP contribution in [0.25, 0.3) is 0 Å². The Morgan fingerprint density at radius 2 is 2.10 bits per heavy atom. The molecule has 0 amide bonds. The molecule has 0 fully saturated rings. The largest absolute Gasteiger partial charge is 0.493 e. The van der Waals surface area contributed by atoms with E-state index in [9.17, 15) is 14.5 Å². The number of ether oxygens (including phenoxy) is 1. The average Bonchev–Trinajstić information content (AvgIpc) is 2.48. The van der Waals surface area contributed by atoms with Gasteiger partial charge in [0, 0.05) is 23.9 Å². The summed E-state index contributed by atoms with van der Waals surface area (Å²) < 4.78 is 19.0. The highest BCUT2D eigenvalue weighted by molar-refractivity contribution is 5.85. The van der Waals surface area contributed by atoms with Gasteiger partial charge in [-0.25, -0.2) is 4.39 Å². The summed E-state index contributed by atoms with van der Waals surface area (Å²) in [6.45, 7) is 2.35. The van der Waals surface area contributed by atoms with E-state index in [2.05, 4.69) is 4.99 Å². The SMILES string of the molecule is CCOc1ccccc1C=Nc1cc([N+](=O)[O-])ccc1F. The lowest BCUT2D eigenvalue weighted by molar-refractivity contribution is -0.384. The van der Waals surface area contributed by atoms with E-state index >= 15 is 0 Å². The highest BCUT2D eigenvalue weighted by Gasteiger charge is 2.10. The van der Waals surface area contributed by atoms with Crippen molar-refractivity contribution in [3.8, 4) is 5.75 Å². The van der Waals surface area contributed by atoms with Gasteiger partial charge in [-0.2, -0.15) is 0 Å². The summed E-state index contributed by atoms with van der Waals surface area (Å²) in [6.07, 6.45) is 1.42. The minimum Gasteiger partial charge on any atom is -0.493 e. The van der Waals surface area contributed by atoms with Crippen LogP contribution in [0.1, 0.15) is 12.5 Å². The summed E-state index contributed by atoms with van der Waals surface area (Å²) in [7, 11) is 0. The molecule has 2 aromatic carbocycles. The second-order valence-electron chi connectivity index (χ2n) is 4.12. The first-order chi connectivity index (χ1) is 10.1. The molecule has 0 saturated heterocycles. The lowest BCUT2D eigenvalue weighted by Gasteiger charge is -2.05. The van der Waals surface area contributed by atoms with Crippen molar-refractivity contribution in [3.05, 3.63) is 64.0 Å². The molecular weight excluding hydrogens is 275 g/mol. The first-order valence-electron chi connectivity index (χ1n) is 6.31. The number of nitro benzene ring substituents is 1. The number of hydrogen-bond acceptors (Lipinski definition) is 4. The summed E-state index contributed by atoms with van der Waals surface area (Å²) in [4.78, 5) is 14.1. The summed E-state index contributed by atoms with van der Waals surface area (Å²) in [5.74, 6) is 0.000306. The smallest absolute Gasteiger partial charge is 0.271 e. The Balaban J connectivity index is 2.33. The van der Waals surface area contributed by atoms with Gasteiger partial charge in [0.2, 0.25) is 0 Å². The van der Waals surface area contributed by atoms with E-state index < -0.39 is 10.7 Å². The summed E-state index contributed by atoms with van der Waals surface area (Å²) >= 11 is 0. The summed E-state index contributed by atoms with van der Waals surface area (Å²) in [5, 5.41) is 10.7. The fourth-order valence-corrected chi connectivity index (χ4v) is 1.73. The fourth-order valence-electron chi connectivity index (χ4n) is 1.73. The van der Waals surface area contributed by atoms with Crippen molar-refractivity contribution in [1.82, 2.24) is 0 Å². The number of rotatable bonds is 5. The Morgan fingerprint density at radius 3 is 2.81 bits per heavy atom. The number of halogens is 1. The van der Waals surface area contributed by atoms with Crippen LogP contribution in [0.2, 0.25) is 0 Å². The molecule has 0 atom stereocenters. The van der Waals surface area contributed by atoms with Gasteiger partial charge in [0.05, 0.1) is 11.5 Å². The Hall–Kier alpha value is -2.76. The quantitative estimate of drug-likeness (QED) is 0.476. The summed E-state index contributed by atoms with van der Waals surface area (Å²) in [6, 6.07) is 10.4. The zero-order valence-corrected chi connectivity index (χ0v) is 11.3. The Bertz CT molecular complexity index is 686. The molecule has 0 saturated carbocycles. The molecule has 2 rings (SSSR count). The Labute approximate surface area is 120 Å². The molecule has 6 heteroatoms. The average molecular weight is 288 g/mol. The van der Waals surface area contributed by atoms with Crippen molar-refractivity contribution in [2.45, 2.75) is 6.92 Å². The van der Waals surface area contributed by atoms with E-state index in [1.54, 1.807) is 18.2 Å². The Morgan fingerprint density at radius 1 is 1.33 bits per heavy atom. The van der Waals surface area contributed by atoms with Crippen molar-refractivity contribution >= 4 is 17.6 Å².